The molecule has 8 nitrogen and oxygen atoms in total. The standard InChI is InChI=1S/C19H12FN3O5/c20-13-7-5-12(6-8-13)18-21-19(28-22-18)17-10-9-14(27-17)11-26-16-4-2-1-3-15(16)23(24)25/h1-10H,11H2. The lowest BCUT2D eigenvalue weighted by Gasteiger charge is -2.04. The highest BCUT2D eigenvalue weighted by atomic mass is 19.1. The summed E-state index contributed by atoms with van der Waals surface area (Å²) in [5.74, 6) is 0.973. The van der Waals surface area contributed by atoms with E-state index in [2.05, 4.69) is 10.1 Å². The Morgan fingerprint density at radius 1 is 1.07 bits per heavy atom. The van der Waals surface area contributed by atoms with Crippen LogP contribution in [0.4, 0.5) is 10.1 Å². The van der Waals surface area contributed by atoms with Gasteiger partial charge in [-0.15, -0.1) is 0 Å². The van der Waals surface area contributed by atoms with Gasteiger partial charge < -0.3 is 13.7 Å². The van der Waals surface area contributed by atoms with E-state index < -0.39 is 4.92 Å². The van der Waals surface area contributed by atoms with Gasteiger partial charge in [-0.3, -0.25) is 10.1 Å². The number of nitrogens with zero attached hydrogens (tertiary/aromatic N) is 3. The molecule has 0 N–H and O–H groups in total. The maximum absolute atomic E-state index is 13.0. The third-order valence-corrected chi connectivity index (χ3v) is 3.83. The molecule has 28 heavy (non-hydrogen) atoms. The largest absolute Gasteiger partial charge is 0.479 e. The lowest BCUT2D eigenvalue weighted by atomic mass is 10.2. The van der Waals surface area contributed by atoms with Crippen molar-refractivity contribution in [3.8, 4) is 28.8 Å². The molecule has 0 fully saturated rings. The third-order valence-electron chi connectivity index (χ3n) is 3.83. The van der Waals surface area contributed by atoms with Gasteiger partial charge in [-0.1, -0.05) is 17.3 Å². The molecule has 2 heterocycles. The van der Waals surface area contributed by atoms with Crippen LogP contribution in [0.15, 0.2) is 69.6 Å². The van der Waals surface area contributed by atoms with Crippen LogP contribution in [0.25, 0.3) is 23.0 Å². The van der Waals surface area contributed by atoms with Gasteiger partial charge in [0.1, 0.15) is 18.2 Å². The maximum atomic E-state index is 13.0. The van der Waals surface area contributed by atoms with E-state index in [9.17, 15) is 14.5 Å². The number of para-hydroxylation sites is 2. The molecule has 140 valence electrons. The first-order chi connectivity index (χ1) is 13.6. The molecule has 0 unspecified atom stereocenters. The second-order valence-corrected chi connectivity index (χ2v) is 5.71. The number of hydrogen-bond acceptors (Lipinski definition) is 7. The van der Waals surface area contributed by atoms with Crippen LogP contribution in [-0.4, -0.2) is 15.1 Å². The SMILES string of the molecule is O=[N+]([O-])c1ccccc1OCc1ccc(-c2nc(-c3ccc(F)cc3)no2)o1. The lowest BCUT2D eigenvalue weighted by molar-refractivity contribution is -0.386. The minimum absolute atomic E-state index is 0.0101. The molecule has 4 aromatic rings. The van der Waals surface area contributed by atoms with E-state index in [0.29, 0.717) is 22.9 Å². The minimum Gasteiger partial charge on any atom is -0.479 e. The summed E-state index contributed by atoms with van der Waals surface area (Å²) in [5, 5.41) is 14.9. The summed E-state index contributed by atoms with van der Waals surface area (Å²) >= 11 is 0. The topological polar surface area (TPSA) is 104 Å². The zero-order valence-electron chi connectivity index (χ0n) is 14.2. The highest BCUT2D eigenvalue weighted by Gasteiger charge is 2.17. The summed E-state index contributed by atoms with van der Waals surface area (Å²) < 4.78 is 29.3. The number of ether oxygens (including phenoxy) is 1. The molecule has 0 saturated heterocycles. The second kappa shape index (κ2) is 7.31. The normalized spacial score (nSPS) is 10.8. The van der Waals surface area contributed by atoms with Crippen molar-refractivity contribution < 1.29 is 23.0 Å². The number of furan rings is 1. The molecule has 0 aliphatic rings. The monoisotopic (exact) mass is 381 g/mol. The number of hydrogen-bond donors (Lipinski definition) is 0. The Labute approximate surface area is 157 Å². The van der Waals surface area contributed by atoms with Crippen LogP contribution < -0.4 is 4.74 Å². The Hall–Kier alpha value is -4.01. The molecule has 0 amide bonds. The van der Waals surface area contributed by atoms with Crippen LogP contribution >= 0.6 is 0 Å². The Morgan fingerprint density at radius 2 is 1.86 bits per heavy atom. The Kier molecular flexibility index (Phi) is 4.55. The van der Waals surface area contributed by atoms with Gasteiger partial charge in [-0.05, 0) is 42.5 Å². The first-order valence-electron chi connectivity index (χ1n) is 8.15. The highest BCUT2D eigenvalue weighted by Crippen LogP contribution is 2.28. The molecule has 0 radical (unpaired) electrons. The molecule has 0 atom stereocenters. The predicted molar refractivity (Wildman–Crippen MR) is 94.8 cm³/mol. The van der Waals surface area contributed by atoms with Crippen molar-refractivity contribution in [1.82, 2.24) is 10.1 Å². The average molecular weight is 381 g/mol. The number of nitro benzene ring substituents is 1. The van der Waals surface area contributed by atoms with Gasteiger partial charge in [0.15, 0.2) is 11.5 Å². The van der Waals surface area contributed by atoms with Crippen molar-refractivity contribution in [2.24, 2.45) is 0 Å². The summed E-state index contributed by atoms with van der Waals surface area (Å²) in [5.41, 5.74) is 0.470. The van der Waals surface area contributed by atoms with E-state index in [1.807, 2.05) is 0 Å². The van der Waals surface area contributed by atoms with Crippen LogP contribution in [-0.2, 0) is 6.61 Å². The first-order valence-corrected chi connectivity index (χ1v) is 8.15. The molecule has 0 saturated carbocycles. The highest BCUT2D eigenvalue weighted by molar-refractivity contribution is 5.57. The number of benzene rings is 2. The molecule has 4 rings (SSSR count). The van der Waals surface area contributed by atoms with E-state index in [1.165, 1.54) is 36.4 Å². The smallest absolute Gasteiger partial charge is 0.310 e. The number of nitro groups is 1. The van der Waals surface area contributed by atoms with Crippen molar-refractivity contribution in [3.63, 3.8) is 0 Å². The van der Waals surface area contributed by atoms with Crippen LogP contribution in [0.3, 0.4) is 0 Å². The molecule has 0 spiro atoms. The number of halogens is 1. The van der Waals surface area contributed by atoms with Crippen molar-refractivity contribution in [2.75, 3.05) is 0 Å². The number of aromatic nitrogens is 2. The third kappa shape index (κ3) is 3.58. The fourth-order valence-corrected chi connectivity index (χ4v) is 2.49. The van der Waals surface area contributed by atoms with Gasteiger partial charge in [0, 0.05) is 11.6 Å². The summed E-state index contributed by atoms with van der Waals surface area (Å²) in [7, 11) is 0. The predicted octanol–water partition coefficient (Wildman–Crippen LogP) is 4.62. The van der Waals surface area contributed by atoms with Crippen LogP contribution in [0.2, 0.25) is 0 Å². The van der Waals surface area contributed by atoms with E-state index in [4.69, 9.17) is 13.7 Å². The van der Waals surface area contributed by atoms with Crippen LogP contribution in [0.1, 0.15) is 5.76 Å². The quantitative estimate of drug-likeness (QED) is 0.354. The van der Waals surface area contributed by atoms with Crippen molar-refractivity contribution >= 4 is 5.69 Å². The van der Waals surface area contributed by atoms with Gasteiger partial charge >= 0.3 is 5.69 Å². The van der Waals surface area contributed by atoms with Crippen molar-refractivity contribution in [3.05, 3.63) is 82.4 Å². The Bertz CT molecular complexity index is 1120. The van der Waals surface area contributed by atoms with Crippen molar-refractivity contribution in [2.45, 2.75) is 6.61 Å². The van der Waals surface area contributed by atoms with Gasteiger partial charge in [0.25, 0.3) is 5.89 Å². The summed E-state index contributed by atoms with van der Waals surface area (Å²) in [6.07, 6.45) is 0. The van der Waals surface area contributed by atoms with Gasteiger partial charge in [0.05, 0.1) is 4.92 Å². The molecular weight excluding hydrogens is 369 g/mol. The zero-order chi connectivity index (χ0) is 19.5. The van der Waals surface area contributed by atoms with E-state index in [1.54, 1.807) is 24.3 Å². The van der Waals surface area contributed by atoms with Crippen LogP contribution in [0, 0.1) is 15.9 Å². The molecule has 0 aliphatic carbocycles. The molecule has 9 heteroatoms. The second-order valence-electron chi connectivity index (χ2n) is 5.71. The fraction of sp³-hybridized carbons (Fsp3) is 0.0526. The van der Waals surface area contributed by atoms with Gasteiger partial charge in [0.2, 0.25) is 5.82 Å². The Balaban J connectivity index is 1.48. The summed E-state index contributed by atoms with van der Waals surface area (Å²) in [4.78, 5) is 14.7. The number of rotatable bonds is 6. The summed E-state index contributed by atoms with van der Waals surface area (Å²) in [6.45, 7) is -0.0101. The molecule has 2 aromatic carbocycles. The van der Waals surface area contributed by atoms with Crippen LogP contribution in [0.5, 0.6) is 5.75 Å². The summed E-state index contributed by atoms with van der Waals surface area (Å²) in [6, 6.07) is 15.0. The molecule has 0 aliphatic heterocycles. The molecular formula is C19H12FN3O5. The van der Waals surface area contributed by atoms with E-state index in [0.717, 1.165) is 0 Å². The minimum atomic E-state index is -0.516. The van der Waals surface area contributed by atoms with Gasteiger partial charge in [-0.2, -0.15) is 4.98 Å². The Morgan fingerprint density at radius 3 is 2.64 bits per heavy atom. The molecule has 2 aromatic heterocycles. The van der Waals surface area contributed by atoms with E-state index in [-0.39, 0.29) is 29.8 Å². The zero-order valence-corrected chi connectivity index (χ0v) is 14.2. The fourth-order valence-electron chi connectivity index (χ4n) is 2.49. The average Bonchev–Trinajstić information content (AvgIpc) is 3.36. The van der Waals surface area contributed by atoms with Gasteiger partial charge in [-0.25, -0.2) is 4.39 Å². The molecule has 0 bridgehead atoms. The van der Waals surface area contributed by atoms with Crippen molar-refractivity contribution in [1.29, 1.82) is 0 Å². The van der Waals surface area contributed by atoms with E-state index >= 15 is 0 Å². The first kappa shape index (κ1) is 17.4. The maximum Gasteiger partial charge on any atom is 0.310 e. The lowest BCUT2D eigenvalue weighted by Crippen LogP contribution is -1.97.